The van der Waals surface area contributed by atoms with Crippen molar-refractivity contribution in [2.24, 2.45) is 5.92 Å². The van der Waals surface area contributed by atoms with Crippen LogP contribution in [0.4, 0.5) is 0 Å². The summed E-state index contributed by atoms with van der Waals surface area (Å²) < 4.78 is 0. The van der Waals surface area contributed by atoms with E-state index in [4.69, 9.17) is 0 Å². The lowest BCUT2D eigenvalue weighted by Crippen LogP contribution is -2.27. The van der Waals surface area contributed by atoms with Gasteiger partial charge in [-0.3, -0.25) is 0 Å². The van der Waals surface area contributed by atoms with Gasteiger partial charge in [0.2, 0.25) is 0 Å². The Bertz CT molecular complexity index is 552. The maximum Gasteiger partial charge on any atom is 0.124 e. The highest BCUT2D eigenvalue weighted by atomic mass is 32.1. The number of hydrogen-bond donors (Lipinski definition) is 3. The second kappa shape index (κ2) is 6.29. The molecular formula is C16H21NO2S. The van der Waals surface area contributed by atoms with E-state index in [9.17, 15) is 10.2 Å². The minimum Gasteiger partial charge on any atom is -0.508 e. The van der Waals surface area contributed by atoms with Crippen LogP contribution in [0.5, 0.6) is 11.5 Å². The molecule has 0 aliphatic carbocycles. The molecule has 0 aliphatic heterocycles. The molecule has 1 aromatic heterocycles. The van der Waals surface area contributed by atoms with Crippen LogP contribution in [-0.4, -0.2) is 10.2 Å². The van der Waals surface area contributed by atoms with Gasteiger partial charge in [0.15, 0.2) is 0 Å². The quantitative estimate of drug-likeness (QED) is 0.773. The highest BCUT2D eigenvalue weighted by molar-refractivity contribution is 7.10. The Kier molecular flexibility index (Phi) is 4.68. The molecule has 0 amide bonds. The zero-order valence-corrected chi connectivity index (χ0v) is 12.8. The fourth-order valence-corrected chi connectivity index (χ4v) is 3.29. The normalized spacial score (nSPS) is 14.4. The second-order valence-electron chi connectivity index (χ2n) is 5.37. The number of phenolic OH excluding ortho intramolecular Hbond substituents is 2. The van der Waals surface area contributed by atoms with E-state index in [-0.39, 0.29) is 23.6 Å². The number of aromatic hydroxyl groups is 2. The summed E-state index contributed by atoms with van der Waals surface area (Å²) in [5, 5.41) is 24.9. The highest BCUT2D eigenvalue weighted by Crippen LogP contribution is 2.32. The van der Waals surface area contributed by atoms with Crippen molar-refractivity contribution >= 4 is 11.3 Å². The van der Waals surface area contributed by atoms with Crippen molar-refractivity contribution in [3.8, 4) is 11.5 Å². The van der Waals surface area contributed by atoms with Crippen molar-refractivity contribution in [3.63, 3.8) is 0 Å². The van der Waals surface area contributed by atoms with Gasteiger partial charge in [0.05, 0.1) is 0 Å². The van der Waals surface area contributed by atoms with E-state index in [1.807, 2.05) is 6.92 Å². The molecule has 2 unspecified atom stereocenters. The molecule has 0 fully saturated rings. The van der Waals surface area contributed by atoms with Crippen LogP contribution in [0.25, 0.3) is 0 Å². The van der Waals surface area contributed by atoms with Crippen LogP contribution in [0.1, 0.15) is 43.3 Å². The Hall–Kier alpha value is -1.52. The number of thiophene rings is 1. The molecule has 0 aliphatic rings. The third-order valence-corrected chi connectivity index (χ3v) is 4.38. The van der Waals surface area contributed by atoms with E-state index in [0.29, 0.717) is 5.92 Å². The van der Waals surface area contributed by atoms with E-state index in [1.54, 1.807) is 23.5 Å². The number of nitrogens with one attached hydrogen (secondary N) is 1. The lowest BCUT2D eigenvalue weighted by molar-refractivity contribution is 0.369. The van der Waals surface area contributed by atoms with Gasteiger partial charge < -0.3 is 15.5 Å². The van der Waals surface area contributed by atoms with Crippen molar-refractivity contribution in [1.29, 1.82) is 0 Å². The van der Waals surface area contributed by atoms with Crippen LogP contribution in [-0.2, 0) is 0 Å². The van der Waals surface area contributed by atoms with Gasteiger partial charge >= 0.3 is 0 Å². The molecule has 4 heteroatoms. The molecule has 1 aromatic carbocycles. The molecule has 0 bridgehead atoms. The first-order valence-corrected chi connectivity index (χ1v) is 7.68. The average Bonchev–Trinajstić information content (AvgIpc) is 2.88. The number of rotatable bonds is 5. The minimum absolute atomic E-state index is 0.00472. The summed E-state index contributed by atoms with van der Waals surface area (Å²) in [5.74, 6) is 0.658. The third kappa shape index (κ3) is 3.32. The maximum atomic E-state index is 9.95. The molecule has 0 radical (unpaired) electrons. The Labute approximate surface area is 123 Å². The molecule has 0 spiro atoms. The minimum atomic E-state index is 0.00472. The van der Waals surface area contributed by atoms with Crippen molar-refractivity contribution in [1.82, 2.24) is 5.32 Å². The van der Waals surface area contributed by atoms with E-state index >= 15 is 0 Å². The van der Waals surface area contributed by atoms with E-state index in [2.05, 4.69) is 36.7 Å². The van der Waals surface area contributed by atoms with Gasteiger partial charge in [0.1, 0.15) is 11.5 Å². The molecular weight excluding hydrogens is 270 g/mol. The summed E-state index contributed by atoms with van der Waals surface area (Å²) in [6.07, 6.45) is 0. The number of hydrogen-bond acceptors (Lipinski definition) is 4. The topological polar surface area (TPSA) is 52.5 Å². The Morgan fingerprint density at radius 1 is 1.10 bits per heavy atom. The fraction of sp³-hybridized carbons (Fsp3) is 0.375. The van der Waals surface area contributed by atoms with Crippen molar-refractivity contribution in [2.45, 2.75) is 32.9 Å². The van der Waals surface area contributed by atoms with Crippen LogP contribution < -0.4 is 5.32 Å². The van der Waals surface area contributed by atoms with Gasteiger partial charge in [0, 0.05) is 28.6 Å². The van der Waals surface area contributed by atoms with Crippen molar-refractivity contribution in [3.05, 3.63) is 46.2 Å². The molecule has 0 saturated carbocycles. The van der Waals surface area contributed by atoms with E-state index in [1.165, 1.54) is 10.9 Å². The lowest BCUT2D eigenvalue weighted by atomic mass is 9.99. The summed E-state index contributed by atoms with van der Waals surface area (Å²) in [6, 6.07) is 9.18. The van der Waals surface area contributed by atoms with Gasteiger partial charge in [-0.15, -0.1) is 11.3 Å². The van der Waals surface area contributed by atoms with Crippen molar-refractivity contribution in [2.75, 3.05) is 0 Å². The van der Waals surface area contributed by atoms with Gasteiger partial charge in [-0.2, -0.15) is 0 Å². The van der Waals surface area contributed by atoms with Crippen LogP contribution in [0, 0.1) is 5.92 Å². The predicted octanol–water partition coefficient (Wildman–Crippen LogP) is 4.21. The molecule has 2 rings (SSSR count). The molecule has 2 aromatic rings. The Morgan fingerprint density at radius 3 is 2.40 bits per heavy atom. The van der Waals surface area contributed by atoms with Crippen LogP contribution in [0.3, 0.4) is 0 Å². The summed E-state index contributed by atoms with van der Waals surface area (Å²) in [6.45, 7) is 6.39. The van der Waals surface area contributed by atoms with Crippen LogP contribution >= 0.6 is 11.3 Å². The van der Waals surface area contributed by atoms with Crippen LogP contribution in [0.15, 0.2) is 35.7 Å². The molecule has 0 saturated heterocycles. The van der Waals surface area contributed by atoms with Gasteiger partial charge in [0.25, 0.3) is 0 Å². The zero-order valence-electron chi connectivity index (χ0n) is 12.0. The first-order chi connectivity index (χ1) is 9.49. The van der Waals surface area contributed by atoms with Crippen LogP contribution in [0.2, 0.25) is 0 Å². The zero-order chi connectivity index (χ0) is 14.7. The summed E-state index contributed by atoms with van der Waals surface area (Å²) in [4.78, 5) is 1.30. The summed E-state index contributed by atoms with van der Waals surface area (Å²) in [5.41, 5.74) is 0.796. The predicted molar refractivity (Wildman–Crippen MR) is 83.2 cm³/mol. The van der Waals surface area contributed by atoms with Crippen molar-refractivity contribution < 1.29 is 10.2 Å². The number of benzene rings is 1. The van der Waals surface area contributed by atoms with E-state index in [0.717, 1.165) is 5.56 Å². The fourth-order valence-electron chi connectivity index (χ4n) is 2.33. The monoisotopic (exact) mass is 291 g/mol. The molecule has 108 valence electrons. The lowest BCUT2D eigenvalue weighted by Gasteiger charge is -2.26. The maximum absolute atomic E-state index is 9.95. The molecule has 3 N–H and O–H groups in total. The summed E-state index contributed by atoms with van der Waals surface area (Å²) in [7, 11) is 0. The van der Waals surface area contributed by atoms with E-state index < -0.39 is 0 Å². The first-order valence-electron chi connectivity index (χ1n) is 6.80. The molecule has 20 heavy (non-hydrogen) atoms. The second-order valence-corrected chi connectivity index (χ2v) is 6.35. The third-order valence-electron chi connectivity index (χ3n) is 3.43. The van der Waals surface area contributed by atoms with Gasteiger partial charge in [-0.25, -0.2) is 0 Å². The number of phenols is 2. The smallest absolute Gasteiger partial charge is 0.124 e. The van der Waals surface area contributed by atoms with Gasteiger partial charge in [-0.05, 0) is 30.4 Å². The SMILES string of the molecule is CC(NC(c1cccs1)C(C)C)c1ccc(O)cc1O. The molecule has 2 atom stereocenters. The molecule has 1 heterocycles. The first kappa shape index (κ1) is 14.9. The standard InChI is InChI=1S/C16H21NO2S/c1-10(2)16(15-5-4-8-20-15)17-11(3)13-7-6-12(18)9-14(13)19/h4-11,16-19H,1-3H3. The largest absolute Gasteiger partial charge is 0.508 e. The highest BCUT2D eigenvalue weighted by Gasteiger charge is 2.21. The average molecular weight is 291 g/mol. The molecule has 3 nitrogen and oxygen atoms in total. The Balaban J connectivity index is 2.18. The van der Waals surface area contributed by atoms with Gasteiger partial charge in [-0.1, -0.05) is 26.0 Å². The Morgan fingerprint density at radius 2 is 1.85 bits per heavy atom. The summed E-state index contributed by atoms with van der Waals surface area (Å²) >= 11 is 1.74.